The Labute approximate surface area is 223 Å². The summed E-state index contributed by atoms with van der Waals surface area (Å²) in [6.07, 6.45) is -0.682. The second-order valence-corrected chi connectivity index (χ2v) is 10.8. The summed E-state index contributed by atoms with van der Waals surface area (Å²) in [7, 11) is -0.877. The van der Waals surface area contributed by atoms with Crippen molar-refractivity contribution >= 4 is 23.8 Å². The fraction of sp³-hybridized carbons (Fsp3) is 0.172. The number of hydrogen-bond acceptors (Lipinski definition) is 4. The molecule has 4 aromatic rings. The average molecular weight is 670 g/mol. The van der Waals surface area contributed by atoms with E-state index in [9.17, 15) is 10.2 Å². The van der Waals surface area contributed by atoms with Gasteiger partial charge in [0.05, 0.1) is 14.0 Å². The van der Waals surface area contributed by atoms with Crippen molar-refractivity contribution in [3.63, 3.8) is 0 Å². The quantitative estimate of drug-likeness (QED) is 0.175. The van der Waals surface area contributed by atoms with Gasteiger partial charge in [-0.15, -0.1) is 0 Å². The Morgan fingerprint density at radius 1 is 0.657 bits per heavy atom. The first-order valence-corrected chi connectivity index (χ1v) is 12.9. The first-order valence-electron chi connectivity index (χ1n) is 11.4. The second kappa shape index (κ2) is 14.8. The van der Waals surface area contributed by atoms with E-state index in [1.165, 1.54) is 28.0 Å². The molecule has 4 aromatic carbocycles. The summed E-state index contributed by atoms with van der Waals surface area (Å²) in [5.74, 6) is -0.390. The van der Waals surface area contributed by atoms with Gasteiger partial charge in [0.25, 0.3) is 0 Å². The molecule has 0 aliphatic carbocycles. The zero-order valence-electron chi connectivity index (χ0n) is 19.9. The number of benzene rings is 4. The molecule has 0 spiro atoms. The number of phenols is 2. The maximum Gasteiger partial charge on any atom is 2.00 e. The summed E-state index contributed by atoms with van der Waals surface area (Å²) < 4.78 is 0. The molecule has 0 radical (unpaired) electrons. The van der Waals surface area contributed by atoms with E-state index in [-0.39, 0.29) is 32.6 Å². The van der Waals surface area contributed by atoms with Crippen LogP contribution in [0.25, 0.3) is 0 Å². The Kier molecular flexibility index (Phi) is 12.2. The molecule has 4 nitrogen and oxygen atoms in total. The zero-order chi connectivity index (χ0) is 24.3. The normalized spacial score (nSPS) is 11.3. The molecule has 184 valence electrons. The van der Waals surface area contributed by atoms with Crippen LogP contribution in [-0.2, 0) is 21.1 Å². The van der Waals surface area contributed by atoms with Crippen molar-refractivity contribution in [2.24, 2.45) is 0 Å². The Hall–Kier alpha value is -2.48. The molecule has 0 fully saturated rings. The molecule has 1 atom stereocenters. The predicted octanol–water partition coefficient (Wildman–Crippen LogP) is 4.30. The summed E-state index contributed by atoms with van der Waals surface area (Å²) in [5, 5.41) is 35.5. The van der Waals surface area contributed by atoms with Crippen LogP contribution >= 0.6 is 7.92 Å². The molecular weight excluding hydrogens is 636 g/mol. The third-order valence-corrected chi connectivity index (χ3v) is 8.02. The Balaban J connectivity index is 0.000000247. The number of nitrogens with one attached hydrogen (secondary N) is 1. The monoisotopic (exact) mass is 669 g/mol. The van der Waals surface area contributed by atoms with Gasteiger partial charge in [-0.1, -0.05) is 74.5 Å². The summed E-state index contributed by atoms with van der Waals surface area (Å²) >= 11 is 0. The van der Waals surface area contributed by atoms with E-state index >= 15 is 0 Å². The van der Waals surface area contributed by atoms with Crippen molar-refractivity contribution in [2.45, 2.75) is 26.0 Å². The smallest absolute Gasteiger partial charge is 0.504 e. The van der Waals surface area contributed by atoms with Gasteiger partial charge < -0.3 is 20.6 Å². The molecule has 0 amide bonds. The SMILES string of the molecule is CC(C)NCC(O)c1ccc(O)c(O)c1.[Pt+2].c1ccc([PH+](c2ccccc2)c2ccccc2)cc1. The third kappa shape index (κ3) is 8.91. The number of aliphatic hydroxyl groups is 1. The van der Waals surface area contributed by atoms with Crippen LogP contribution in [0.2, 0.25) is 0 Å². The molecule has 4 rings (SSSR count). The van der Waals surface area contributed by atoms with Gasteiger partial charge in [-0.3, -0.25) is 0 Å². The van der Waals surface area contributed by atoms with Gasteiger partial charge in [0.1, 0.15) is 15.9 Å². The van der Waals surface area contributed by atoms with Crippen LogP contribution < -0.4 is 21.2 Å². The van der Waals surface area contributed by atoms with E-state index in [1.807, 2.05) is 13.8 Å². The van der Waals surface area contributed by atoms with Crippen molar-refractivity contribution in [2.75, 3.05) is 6.54 Å². The minimum atomic E-state index is -0.877. The number of aromatic hydroxyl groups is 2. The standard InChI is InChI=1S/C18H15P.C11H17NO3.Pt/c1-4-10-16(11-5-1)19(17-12-6-2-7-13-17)18-14-8-3-9-15-18;1-7(2)12-6-11(15)8-3-4-9(13)10(14)5-8;/h1-15H;3-5,7,11-15H,6H2,1-2H3;/q;;+2/p+1. The van der Waals surface area contributed by atoms with E-state index in [0.717, 1.165) is 0 Å². The van der Waals surface area contributed by atoms with Crippen molar-refractivity contribution in [1.29, 1.82) is 0 Å². The summed E-state index contributed by atoms with van der Waals surface area (Å²) in [6, 6.07) is 37.1. The van der Waals surface area contributed by atoms with E-state index in [2.05, 4.69) is 96.3 Å². The maximum atomic E-state index is 9.73. The molecule has 35 heavy (non-hydrogen) atoms. The first-order chi connectivity index (χ1) is 16.5. The van der Waals surface area contributed by atoms with Crippen LogP contribution in [0.1, 0.15) is 25.5 Å². The zero-order valence-corrected chi connectivity index (χ0v) is 23.2. The van der Waals surface area contributed by atoms with Crippen LogP contribution in [0, 0.1) is 0 Å². The third-order valence-electron chi connectivity index (χ3n) is 5.29. The summed E-state index contributed by atoms with van der Waals surface area (Å²) in [6.45, 7) is 4.39. The van der Waals surface area contributed by atoms with Gasteiger partial charge >= 0.3 is 21.1 Å². The van der Waals surface area contributed by atoms with Crippen molar-refractivity contribution in [3.05, 3.63) is 115 Å². The van der Waals surface area contributed by atoms with E-state index in [0.29, 0.717) is 18.2 Å². The molecule has 0 saturated carbocycles. The largest absolute Gasteiger partial charge is 2.00 e. The topological polar surface area (TPSA) is 72.7 Å². The number of phenolic OH excluding ortho intramolecular Hbond substituents is 2. The van der Waals surface area contributed by atoms with Gasteiger partial charge in [0.2, 0.25) is 0 Å². The summed E-state index contributed by atoms with van der Waals surface area (Å²) in [5.41, 5.74) is 0.582. The Morgan fingerprint density at radius 2 is 1.09 bits per heavy atom. The Bertz CT molecular complexity index is 1030. The molecule has 0 heterocycles. The molecule has 0 saturated heterocycles. The molecule has 0 aliphatic heterocycles. The summed E-state index contributed by atoms with van der Waals surface area (Å²) in [4.78, 5) is 0. The van der Waals surface area contributed by atoms with Crippen molar-refractivity contribution in [1.82, 2.24) is 5.32 Å². The van der Waals surface area contributed by atoms with Crippen LogP contribution in [0.4, 0.5) is 0 Å². The number of aliphatic hydroxyl groups excluding tert-OH is 1. The fourth-order valence-electron chi connectivity index (χ4n) is 3.53. The van der Waals surface area contributed by atoms with Crippen molar-refractivity contribution in [3.8, 4) is 11.5 Å². The number of rotatable bonds is 7. The molecular formula is C29H33NO3PPt+3. The first kappa shape index (κ1) is 28.8. The van der Waals surface area contributed by atoms with Gasteiger partial charge in [0.15, 0.2) is 11.5 Å². The van der Waals surface area contributed by atoms with Crippen LogP contribution in [0.15, 0.2) is 109 Å². The minimum absolute atomic E-state index is 0. The second-order valence-electron chi connectivity index (χ2n) is 8.30. The van der Waals surface area contributed by atoms with Crippen LogP contribution in [-0.4, -0.2) is 27.9 Å². The molecule has 6 heteroatoms. The van der Waals surface area contributed by atoms with Crippen LogP contribution in [0.5, 0.6) is 11.5 Å². The van der Waals surface area contributed by atoms with Gasteiger partial charge in [-0.05, 0) is 54.1 Å². The minimum Gasteiger partial charge on any atom is -0.504 e. The maximum absolute atomic E-state index is 9.73. The fourth-order valence-corrected chi connectivity index (χ4v) is 6.10. The van der Waals surface area contributed by atoms with Crippen LogP contribution in [0.3, 0.4) is 0 Å². The molecule has 0 bridgehead atoms. The Morgan fingerprint density at radius 3 is 1.46 bits per heavy atom. The van der Waals surface area contributed by atoms with E-state index in [4.69, 9.17) is 5.11 Å². The molecule has 0 aromatic heterocycles. The average Bonchev–Trinajstić information content (AvgIpc) is 2.87. The predicted molar refractivity (Wildman–Crippen MR) is 144 cm³/mol. The van der Waals surface area contributed by atoms with E-state index < -0.39 is 14.0 Å². The van der Waals surface area contributed by atoms with Crippen molar-refractivity contribution < 1.29 is 36.4 Å². The number of hydrogen-bond donors (Lipinski definition) is 4. The van der Waals surface area contributed by atoms with E-state index in [1.54, 1.807) is 6.07 Å². The van der Waals surface area contributed by atoms with Gasteiger partial charge in [-0.25, -0.2) is 0 Å². The molecule has 0 aliphatic rings. The molecule has 4 N–H and O–H groups in total. The molecule has 1 unspecified atom stereocenters. The van der Waals surface area contributed by atoms with Gasteiger partial charge in [-0.2, -0.15) is 0 Å². The van der Waals surface area contributed by atoms with Gasteiger partial charge in [0, 0.05) is 12.6 Å².